The Morgan fingerprint density at radius 2 is 1.66 bits per heavy atom. The first-order valence-corrected chi connectivity index (χ1v) is 11.0. The first-order chi connectivity index (χ1) is 15.4. The average molecular weight is 463 g/mol. The van der Waals surface area contributed by atoms with Crippen LogP contribution in [0.4, 0.5) is 0 Å². The minimum atomic E-state index is -0.645. The number of rotatable bonds is 12. The Balaban J connectivity index is 2.24. The van der Waals surface area contributed by atoms with Gasteiger partial charge in [0, 0.05) is 36.3 Å². The molecule has 0 aliphatic rings. The van der Waals surface area contributed by atoms with Gasteiger partial charge in [-0.15, -0.1) is 0 Å². The fourth-order valence-electron chi connectivity index (χ4n) is 3.19. The number of carbonyl (C=O) groups excluding carboxylic acids is 2. The number of nitrogens with one attached hydrogen (secondary N) is 1. The van der Waals surface area contributed by atoms with E-state index < -0.39 is 6.04 Å². The number of amides is 2. The topological polar surface area (TPSA) is 77.1 Å². The molecule has 174 valence electrons. The second-order valence-corrected chi connectivity index (χ2v) is 7.57. The molecule has 0 fully saturated rings. The van der Waals surface area contributed by atoms with Crippen molar-refractivity contribution in [2.24, 2.45) is 0 Å². The molecule has 0 bridgehead atoms. The van der Waals surface area contributed by atoms with Gasteiger partial charge >= 0.3 is 0 Å². The van der Waals surface area contributed by atoms with E-state index in [1.165, 1.54) is 19.1 Å². The zero-order valence-electron chi connectivity index (χ0n) is 19.0. The molecule has 0 aromatic heterocycles. The lowest BCUT2D eigenvalue weighted by molar-refractivity contribution is -0.143. The second kappa shape index (κ2) is 12.8. The van der Waals surface area contributed by atoms with Gasteiger partial charge in [-0.05, 0) is 24.5 Å². The molecular formula is C24H31ClN2O5. The fourth-order valence-corrected chi connectivity index (χ4v) is 3.38. The van der Waals surface area contributed by atoms with Crippen LogP contribution in [-0.4, -0.2) is 50.1 Å². The normalized spacial score (nSPS) is 11.4. The second-order valence-electron chi connectivity index (χ2n) is 7.17. The maximum Gasteiger partial charge on any atom is 0.261 e. The van der Waals surface area contributed by atoms with Gasteiger partial charge in [-0.2, -0.15) is 0 Å². The van der Waals surface area contributed by atoms with E-state index in [1.54, 1.807) is 24.3 Å². The highest BCUT2D eigenvalue weighted by Gasteiger charge is 2.29. The maximum atomic E-state index is 13.2. The highest BCUT2D eigenvalue weighted by Crippen LogP contribution is 2.27. The largest absolute Gasteiger partial charge is 0.496 e. The quantitative estimate of drug-likeness (QED) is 0.514. The van der Waals surface area contributed by atoms with Crippen molar-refractivity contribution in [2.45, 2.75) is 39.3 Å². The van der Waals surface area contributed by atoms with Crippen LogP contribution in [0.25, 0.3) is 0 Å². The molecule has 2 amide bonds. The molecule has 2 rings (SSSR count). The van der Waals surface area contributed by atoms with E-state index in [1.807, 2.05) is 32.0 Å². The molecule has 0 saturated carbocycles. The van der Waals surface area contributed by atoms with Crippen LogP contribution in [0.5, 0.6) is 17.2 Å². The molecule has 0 aliphatic carbocycles. The maximum absolute atomic E-state index is 13.2. The zero-order chi connectivity index (χ0) is 23.5. The molecule has 2 aromatic rings. The number of carbonyl (C=O) groups is 2. The van der Waals surface area contributed by atoms with Gasteiger partial charge in [0.25, 0.3) is 5.91 Å². The number of benzene rings is 2. The molecule has 0 spiro atoms. The molecule has 0 aliphatic heterocycles. The van der Waals surface area contributed by atoms with Gasteiger partial charge in [0.05, 0.1) is 14.2 Å². The van der Waals surface area contributed by atoms with Crippen LogP contribution in [0.2, 0.25) is 5.02 Å². The van der Waals surface area contributed by atoms with E-state index in [-0.39, 0.29) is 25.0 Å². The van der Waals surface area contributed by atoms with E-state index in [0.29, 0.717) is 35.2 Å². The molecule has 1 N–H and O–H groups in total. The summed E-state index contributed by atoms with van der Waals surface area (Å²) >= 11 is 6.33. The molecule has 1 atom stereocenters. The van der Waals surface area contributed by atoms with Crippen molar-refractivity contribution in [1.29, 1.82) is 0 Å². The molecule has 0 heterocycles. The summed E-state index contributed by atoms with van der Waals surface area (Å²) in [4.78, 5) is 27.5. The minimum absolute atomic E-state index is 0.196. The van der Waals surface area contributed by atoms with Crippen LogP contribution in [0, 0.1) is 0 Å². The molecule has 8 heteroatoms. The van der Waals surface area contributed by atoms with Crippen molar-refractivity contribution >= 4 is 23.4 Å². The van der Waals surface area contributed by atoms with E-state index in [0.717, 1.165) is 12.0 Å². The van der Waals surface area contributed by atoms with Crippen LogP contribution < -0.4 is 19.5 Å². The van der Waals surface area contributed by atoms with E-state index in [9.17, 15) is 9.59 Å². The molecule has 0 saturated heterocycles. The lowest BCUT2D eigenvalue weighted by Crippen LogP contribution is -2.50. The summed E-state index contributed by atoms with van der Waals surface area (Å²) in [5, 5.41) is 3.42. The SMILES string of the molecule is CCCNC(=O)[C@H](CC)N(Cc1ccccc1Cl)C(=O)COc1cc(OC)cc(OC)c1. The van der Waals surface area contributed by atoms with E-state index in [2.05, 4.69) is 5.32 Å². The number of hydrogen-bond acceptors (Lipinski definition) is 5. The van der Waals surface area contributed by atoms with Crippen molar-refractivity contribution in [3.63, 3.8) is 0 Å². The predicted octanol–water partition coefficient (Wildman–Crippen LogP) is 4.07. The highest BCUT2D eigenvalue weighted by atomic mass is 35.5. The summed E-state index contributed by atoms with van der Waals surface area (Å²) < 4.78 is 16.2. The number of hydrogen-bond donors (Lipinski definition) is 1. The van der Waals surface area contributed by atoms with Crippen molar-refractivity contribution < 1.29 is 23.8 Å². The molecule has 7 nitrogen and oxygen atoms in total. The third-order valence-electron chi connectivity index (χ3n) is 4.92. The summed E-state index contributed by atoms with van der Waals surface area (Å²) in [6, 6.07) is 11.7. The Kier molecular flexibility index (Phi) is 10.1. The molecular weight excluding hydrogens is 432 g/mol. The van der Waals surface area contributed by atoms with Gasteiger partial charge in [0.2, 0.25) is 5.91 Å². The lowest BCUT2D eigenvalue weighted by atomic mass is 10.1. The van der Waals surface area contributed by atoms with Gasteiger partial charge in [-0.1, -0.05) is 43.6 Å². The van der Waals surface area contributed by atoms with Crippen LogP contribution in [0.15, 0.2) is 42.5 Å². The monoisotopic (exact) mass is 462 g/mol. The van der Waals surface area contributed by atoms with Crippen LogP contribution in [-0.2, 0) is 16.1 Å². The van der Waals surface area contributed by atoms with Gasteiger partial charge in [0.1, 0.15) is 23.3 Å². The van der Waals surface area contributed by atoms with Gasteiger partial charge in [-0.3, -0.25) is 9.59 Å². The Bertz CT molecular complexity index is 883. The number of methoxy groups -OCH3 is 2. The fraction of sp³-hybridized carbons (Fsp3) is 0.417. The summed E-state index contributed by atoms with van der Waals surface area (Å²) in [6.45, 7) is 4.34. The first-order valence-electron chi connectivity index (χ1n) is 10.6. The summed E-state index contributed by atoms with van der Waals surface area (Å²) in [5.41, 5.74) is 0.757. The number of nitrogens with zero attached hydrogens (tertiary/aromatic N) is 1. The summed E-state index contributed by atoms with van der Waals surface area (Å²) in [7, 11) is 3.08. The standard InChI is InChI=1S/C24H31ClN2O5/c1-5-11-26-24(29)22(6-2)27(15-17-9-7-8-10-21(17)25)23(28)16-32-20-13-18(30-3)12-19(14-20)31-4/h7-10,12-14,22H,5-6,11,15-16H2,1-4H3,(H,26,29)/t22-/m0/s1. The predicted molar refractivity (Wildman–Crippen MR) is 124 cm³/mol. The Morgan fingerprint density at radius 1 is 1.03 bits per heavy atom. The number of halogens is 1. The Labute approximate surface area is 194 Å². The third kappa shape index (κ3) is 7.05. The van der Waals surface area contributed by atoms with Crippen LogP contribution in [0.1, 0.15) is 32.3 Å². The Hall–Kier alpha value is -2.93. The average Bonchev–Trinajstić information content (AvgIpc) is 2.81. The van der Waals surface area contributed by atoms with Crippen molar-refractivity contribution in [3.8, 4) is 17.2 Å². The summed E-state index contributed by atoms with van der Waals surface area (Å²) in [6.07, 6.45) is 1.26. The van der Waals surface area contributed by atoms with Crippen LogP contribution in [0.3, 0.4) is 0 Å². The van der Waals surface area contributed by atoms with E-state index >= 15 is 0 Å². The van der Waals surface area contributed by atoms with Crippen LogP contribution >= 0.6 is 11.6 Å². The van der Waals surface area contributed by atoms with Crippen molar-refractivity contribution in [3.05, 3.63) is 53.1 Å². The smallest absolute Gasteiger partial charge is 0.261 e. The van der Waals surface area contributed by atoms with Crippen molar-refractivity contribution in [2.75, 3.05) is 27.4 Å². The first kappa shape index (κ1) is 25.3. The molecule has 0 radical (unpaired) electrons. The van der Waals surface area contributed by atoms with Crippen molar-refractivity contribution in [1.82, 2.24) is 10.2 Å². The minimum Gasteiger partial charge on any atom is -0.496 e. The lowest BCUT2D eigenvalue weighted by Gasteiger charge is -2.30. The molecule has 2 aromatic carbocycles. The third-order valence-corrected chi connectivity index (χ3v) is 5.29. The molecule has 32 heavy (non-hydrogen) atoms. The Morgan fingerprint density at radius 3 is 2.22 bits per heavy atom. The molecule has 0 unspecified atom stereocenters. The number of ether oxygens (including phenoxy) is 3. The van der Waals surface area contributed by atoms with E-state index in [4.69, 9.17) is 25.8 Å². The summed E-state index contributed by atoms with van der Waals surface area (Å²) in [5.74, 6) is 0.994. The van der Waals surface area contributed by atoms with Gasteiger partial charge < -0.3 is 24.4 Å². The van der Waals surface area contributed by atoms with Gasteiger partial charge in [-0.25, -0.2) is 0 Å². The van der Waals surface area contributed by atoms with Gasteiger partial charge in [0.15, 0.2) is 6.61 Å². The highest BCUT2D eigenvalue weighted by molar-refractivity contribution is 6.31. The zero-order valence-corrected chi connectivity index (χ0v) is 19.8.